The molecule has 52 heavy (non-hydrogen) atoms. The van der Waals surface area contributed by atoms with E-state index in [9.17, 15) is 41.9 Å². The zero-order chi connectivity index (χ0) is 41.7. The number of rotatable bonds is 13. The fourth-order valence-corrected chi connectivity index (χ4v) is 4.91. The summed E-state index contributed by atoms with van der Waals surface area (Å²) in [4.78, 5) is 74.7. The molecular formula is C37H69F3N6O6. The molecule has 1 aliphatic heterocycles. The summed E-state index contributed by atoms with van der Waals surface area (Å²) in [5, 5.41) is 10.2. The molecule has 1 rings (SSSR count). The molecule has 0 radical (unpaired) electrons. The van der Waals surface area contributed by atoms with Crippen LogP contribution in [0.2, 0.25) is 0 Å². The lowest BCUT2D eigenvalue weighted by Gasteiger charge is -2.36. The minimum absolute atomic E-state index is 0.0352. The lowest BCUT2D eigenvalue weighted by molar-refractivity contribution is -0.139. The Morgan fingerprint density at radius 2 is 1.46 bits per heavy atom. The molecule has 1 heterocycles. The van der Waals surface area contributed by atoms with E-state index in [4.69, 9.17) is 0 Å². The van der Waals surface area contributed by atoms with Gasteiger partial charge in [-0.3, -0.25) is 24.0 Å². The number of carbonyl (C=O) groups is 6. The summed E-state index contributed by atoms with van der Waals surface area (Å²) < 4.78 is 32.4. The number of nitrogens with one attached hydrogen (secondary N) is 4. The van der Waals surface area contributed by atoms with E-state index in [2.05, 4.69) is 48.6 Å². The topological polar surface area (TPSA) is 157 Å². The van der Waals surface area contributed by atoms with E-state index < -0.39 is 53.9 Å². The second-order valence-electron chi connectivity index (χ2n) is 14.5. The number of carbonyl (C=O) groups excluding carboxylic acids is 6. The number of likely N-dealkylation sites (tertiary alicyclic amines) is 1. The van der Waals surface area contributed by atoms with E-state index in [1.54, 1.807) is 11.9 Å². The fraction of sp³-hybridized carbons (Fsp3) is 0.784. The van der Waals surface area contributed by atoms with Crippen LogP contribution in [0.3, 0.4) is 0 Å². The van der Waals surface area contributed by atoms with Gasteiger partial charge in [0.05, 0.1) is 6.04 Å². The third-order valence-electron chi connectivity index (χ3n) is 8.43. The van der Waals surface area contributed by atoms with Crippen molar-refractivity contribution in [2.45, 2.75) is 146 Å². The largest absolute Gasteiger partial charge is 0.388 e. The Labute approximate surface area is 310 Å². The Morgan fingerprint density at radius 1 is 0.962 bits per heavy atom. The second-order valence-corrected chi connectivity index (χ2v) is 14.5. The van der Waals surface area contributed by atoms with Crippen molar-refractivity contribution >= 4 is 35.9 Å². The Bertz CT molecular complexity index is 1120. The van der Waals surface area contributed by atoms with Crippen LogP contribution in [0.15, 0.2) is 12.7 Å². The highest BCUT2D eigenvalue weighted by molar-refractivity contribution is 6.38. The average molecular weight is 751 g/mol. The highest BCUT2D eigenvalue weighted by Gasteiger charge is 2.42. The normalized spacial score (nSPS) is 17.1. The molecule has 15 heteroatoms. The molecule has 4 N–H and O–H groups in total. The van der Waals surface area contributed by atoms with Crippen LogP contribution < -0.4 is 21.3 Å². The number of likely N-dealkylation sites (N-methyl/N-ethyl adjacent to an activating group) is 1. The first-order chi connectivity index (χ1) is 23.8. The molecule has 0 aromatic heterocycles. The number of nitrogens with zero attached hydrogens (tertiary/aromatic N) is 2. The number of amides is 6. The molecule has 5 atom stereocenters. The van der Waals surface area contributed by atoms with Gasteiger partial charge in [0.15, 0.2) is 0 Å². The van der Waals surface area contributed by atoms with Gasteiger partial charge in [-0.15, -0.1) is 6.58 Å². The van der Waals surface area contributed by atoms with Crippen molar-refractivity contribution in [2.24, 2.45) is 23.2 Å². The molecule has 0 aromatic carbocycles. The van der Waals surface area contributed by atoms with Crippen molar-refractivity contribution in [3.8, 4) is 0 Å². The molecule has 1 aliphatic rings. The molecule has 0 bridgehead atoms. The van der Waals surface area contributed by atoms with Gasteiger partial charge in [-0.2, -0.15) is 13.2 Å². The van der Waals surface area contributed by atoms with Gasteiger partial charge < -0.3 is 31.1 Å². The second kappa shape index (κ2) is 25.3. The van der Waals surface area contributed by atoms with Gasteiger partial charge in [-0.05, 0) is 57.3 Å². The Kier molecular flexibility index (Phi) is 25.7. The predicted molar refractivity (Wildman–Crippen MR) is 200 cm³/mol. The van der Waals surface area contributed by atoms with E-state index in [0.717, 1.165) is 13.3 Å². The van der Waals surface area contributed by atoms with E-state index in [0.29, 0.717) is 24.8 Å². The van der Waals surface area contributed by atoms with Gasteiger partial charge in [0.1, 0.15) is 12.1 Å². The summed E-state index contributed by atoms with van der Waals surface area (Å²) in [6.07, 6.45) is -1.86. The first-order valence-electron chi connectivity index (χ1n) is 18.1. The Hall–Kier alpha value is -3.65. The number of alkyl halides is 3. The third-order valence-corrected chi connectivity index (χ3v) is 8.43. The average Bonchev–Trinajstić information content (AvgIpc) is 3.45. The zero-order valence-corrected chi connectivity index (χ0v) is 34.3. The first kappa shape index (κ1) is 52.7. The van der Waals surface area contributed by atoms with Crippen molar-refractivity contribution < 1.29 is 41.9 Å². The van der Waals surface area contributed by atoms with Crippen LogP contribution in [0, 0.1) is 23.2 Å². The van der Waals surface area contributed by atoms with E-state index >= 15 is 0 Å². The van der Waals surface area contributed by atoms with Crippen molar-refractivity contribution in [3.63, 3.8) is 0 Å². The number of hydrogen-bond acceptors (Lipinski definition) is 6. The van der Waals surface area contributed by atoms with E-state index in [1.165, 1.54) is 13.0 Å². The summed E-state index contributed by atoms with van der Waals surface area (Å²) in [6.45, 7) is 30.9. The van der Waals surface area contributed by atoms with Gasteiger partial charge in [-0.1, -0.05) is 75.3 Å². The predicted octanol–water partition coefficient (Wildman–Crippen LogP) is 5.46. The fourth-order valence-electron chi connectivity index (χ4n) is 4.91. The van der Waals surface area contributed by atoms with Crippen LogP contribution >= 0.6 is 0 Å². The number of urea groups is 1. The molecule has 0 aliphatic carbocycles. The molecule has 12 nitrogen and oxygen atoms in total. The summed E-state index contributed by atoms with van der Waals surface area (Å²) in [7, 11) is 1.74. The molecule has 1 fully saturated rings. The van der Waals surface area contributed by atoms with Crippen LogP contribution in [0.5, 0.6) is 0 Å². The van der Waals surface area contributed by atoms with E-state index in [1.807, 2.05) is 67.2 Å². The SMILES string of the molecule is C=CCNC(=O)C(=O)C(C)NC=O.CC.CC(C)C(NC(=O)NC(C(=O)N1CC[C@H](C(C)C)C1C)C(C)(C)C)C(=O)N(C)C(C)C.CCC(F)(F)F. The monoisotopic (exact) mass is 751 g/mol. The quantitative estimate of drug-likeness (QED) is 0.111. The smallest absolute Gasteiger partial charge is 0.349 e. The number of halogens is 3. The maximum absolute atomic E-state index is 13.5. The van der Waals surface area contributed by atoms with Gasteiger partial charge in [0.25, 0.3) is 5.91 Å². The molecule has 1 saturated heterocycles. The Morgan fingerprint density at radius 3 is 1.81 bits per heavy atom. The van der Waals surface area contributed by atoms with Crippen LogP contribution in [-0.4, -0.2) is 102 Å². The van der Waals surface area contributed by atoms with Crippen LogP contribution in [0.4, 0.5) is 18.0 Å². The van der Waals surface area contributed by atoms with Gasteiger partial charge in [0, 0.05) is 38.6 Å². The number of ketones is 1. The minimum Gasteiger partial charge on any atom is -0.349 e. The number of hydrogen-bond donors (Lipinski definition) is 4. The molecular weight excluding hydrogens is 681 g/mol. The maximum atomic E-state index is 13.5. The Balaban J connectivity index is -0.000000937. The van der Waals surface area contributed by atoms with Crippen LogP contribution in [0.25, 0.3) is 0 Å². The summed E-state index contributed by atoms with van der Waals surface area (Å²) in [6, 6.07) is -2.42. The van der Waals surface area contributed by atoms with Gasteiger partial charge in [-0.25, -0.2) is 4.79 Å². The standard InChI is InChI=1S/C24H46N4O3.C8H12N2O3.C3H5F3.C2H6/c1-14(2)18-12-13-28(17(18)7)22(30)20(24(8,9)10)26-23(31)25-19(15(3)4)21(29)27(11)16(5)6;1-3-4-9-8(13)7(12)6(2)10-5-11;1-2-3(4,5)6;1-2/h14-20H,12-13H2,1-11H3,(H2,25,26,31);3,5-6H,1,4H2,2H3,(H,9,13)(H,10,11);2H2,1H3;1-2H3/t17?,18-,19?,20?;;;/m1.../s1. The highest BCUT2D eigenvalue weighted by atomic mass is 19.4. The maximum Gasteiger partial charge on any atom is 0.388 e. The molecule has 0 saturated carbocycles. The highest BCUT2D eigenvalue weighted by Crippen LogP contribution is 2.32. The molecule has 6 amide bonds. The summed E-state index contributed by atoms with van der Waals surface area (Å²) in [5.41, 5.74) is -0.462. The summed E-state index contributed by atoms with van der Waals surface area (Å²) in [5.74, 6) is -0.679. The van der Waals surface area contributed by atoms with Crippen LogP contribution in [-0.2, 0) is 24.0 Å². The van der Waals surface area contributed by atoms with Gasteiger partial charge in [0.2, 0.25) is 24.0 Å². The van der Waals surface area contributed by atoms with Crippen molar-refractivity contribution in [1.82, 2.24) is 31.1 Å². The van der Waals surface area contributed by atoms with Crippen molar-refractivity contribution in [3.05, 3.63) is 12.7 Å². The molecule has 0 spiro atoms. The minimum atomic E-state index is -3.96. The molecule has 304 valence electrons. The number of Topliss-reactive ketones (excluding diaryl/α,β-unsaturated/α-hetero) is 1. The zero-order valence-electron chi connectivity index (χ0n) is 34.3. The van der Waals surface area contributed by atoms with Gasteiger partial charge >= 0.3 is 12.2 Å². The summed E-state index contributed by atoms with van der Waals surface area (Å²) >= 11 is 0. The molecule has 0 aromatic rings. The lowest BCUT2D eigenvalue weighted by atomic mass is 9.85. The van der Waals surface area contributed by atoms with Crippen LogP contribution in [0.1, 0.15) is 110 Å². The van der Waals surface area contributed by atoms with Crippen molar-refractivity contribution in [2.75, 3.05) is 20.1 Å². The third kappa shape index (κ3) is 19.8. The van der Waals surface area contributed by atoms with Crippen molar-refractivity contribution in [1.29, 1.82) is 0 Å². The first-order valence-corrected chi connectivity index (χ1v) is 18.1. The van der Waals surface area contributed by atoms with E-state index in [-0.39, 0.29) is 36.4 Å². The lowest BCUT2D eigenvalue weighted by Crippen LogP contribution is -2.60. The molecule has 4 unspecified atom stereocenters.